The lowest BCUT2D eigenvalue weighted by molar-refractivity contribution is 1.09. The Bertz CT molecular complexity index is 2540. The molecule has 0 saturated carbocycles. The first kappa shape index (κ1) is 33.1. The van der Waals surface area contributed by atoms with Crippen LogP contribution in [0.15, 0.2) is 158 Å². The molecule has 0 aliphatic carbocycles. The molecular formula is C48H43NS. The molecule has 0 N–H and O–H groups in total. The topological polar surface area (TPSA) is 4.93 Å². The van der Waals surface area contributed by atoms with Crippen molar-refractivity contribution < 1.29 is 0 Å². The van der Waals surface area contributed by atoms with E-state index in [4.69, 9.17) is 0 Å². The zero-order valence-corrected chi connectivity index (χ0v) is 30.4. The highest BCUT2D eigenvalue weighted by atomic mass is 32.1. The number of nitrogens with zero attached hydrogens (tertiary/aromatic N) is 1. The van der Waals surface area contributed by atoms with Gasteiger partial charge in [0.1, 0.15) is 0 Å². The van der Waals surface area contributed by atoms with Crippen molar-refractivity contribution in [2.24, 2.45) is 0 Å². The highest BCUT2D eigenvalue weighted by Crippen LogP contribution is 2.43. The molecule has 0 aliphatic rings. The quantitative estimate of drug-likeness (QED) is 0.177. The Morgan fingerprint density at radius 2 is 1.10 bits per heavy atom. The molecule has 1 nitrogen and oxygen atoms in total. The molecule has 7 aromatic carbocycles. The number of aromatic nitrogens is 1. The van der Waals surface area contributed by atoms with Crippen molar-refractivity contribution in [2.45, 2.75) is 41.0 Å². The minimum atomic E-state index is 1.20. The first-order chi connectivity index (χ1) is 24.5. The van der Waals surface area contributed by atoms with Gasteiger partial charge in [-0.25, -0.2) is 0 Å². The van der Waals surface area contributed by atoms with Crippen LogP contribution in [0.25, 0.3) is 69.9 Å². The summed E-state index contributed by atoms with van der Waals surface area (Å²) in [4.78, 5) is 0. The molecule has 0 amide bonds. The minimum absolute atomic E-state index is 1.20. The fraction of sp³-hybridized carbons (Fsp3) is 0.125. The number of thiophene rings is 1. The molecule has 0 radical (unpaired) electrons. The Balaban J connectivity index is 0.000000204. The molecule has 2 aromatic heterocycles. The number of fused-ring (bicyclic) bond motifs is 6. The molecule has 246 valence electrons. The van der Waals surface area contributed by atoms with E-state index < -0.39 is 0 Å². The van der Waals surface area contributed by atoms with E-state index in [9.17, 15) is 0 Å². The first-order valence-electron chi connectivity index (χ1n) is 17.6. The lowest BCUT2D eigenvalue weighted by Crippen LogP contribution is -1.96. The smallest absolute Gasteiger partial charge is 0.0576 e. The minimum Gasteiger partial charge on any atom is -0.309 e. The van der Waals surface area contributed by atoms with Crippen LogP contribution in [0, 0.1) is 20.8 Å². The third-order valence-electron chi connectivity index (χ3n) is 9.29. The molecule has 0 spiro atoms. The zero-order chi connectivity index (χ0) is 34.6. The van der Waals surface area contributed by atoms with Crippen LogP contribution in [0.3, 0.4) is 0 Å². The first-order valence-corrected chi connectivity index (χ1v) is 18.4. The summed E-state index contributed by atoms with van der Waals surface area (Å²) in [5.74, 6) is 0. The maximum atomic E-state index is 2.46. The van der Waals surface area contributed by atoms with Crippen LogP contribution in [-0.2, 0) is 0 Å². The van der Waals surface area contributed by atoms with Gasteiger partial charge in [-0.15, -0.1) is 11.3 Å². The summed E-state index contributed by atoms with van der Waals surface area (Å²) in [5.41, 5.74) is 12.9. The summed E-state index contributed by atoms with van der Waals surface area (Å²) in [6.07, 6.45) is 1.25. The maximum Gasteiger partial charge on any atom is 0.0576 e. The highest BCUT2D eigenvalue weighted by Gasteiger charge is 2.19. The van der Waals surface area contributed by atoms with Gasteiger partial charge in [-0.05, 0) is 84.5 Å². The predicted octanol–water partition coefficient (Wildman–Crippen LogP) is 14.5. The largest absolute Gasteiger partial charge is 0.309 e. The molecule has 0 fully saturated rings. The van der Waals surface area contributed by atoms with Gasteiger partial charge in [-0.2, -0.15) is 0 Å². The van der Waals surface area contributed by atoms with Crippen molar-refractivity contribution in [3.63, 3.8) is 0 Å². The van der Waals surface area contributed by atoms with Gasteiger partial charge in [0.15, 0.2) is 0 Å². The van der Waals surface area contributed by atoms with Gasteiger partial charge in [0.25, 0.3) is 0 Å². The zero-order valence-electron chi connectivity index (χ0n) is 29.6. The van der Waals surface area contributed by atoms with Gasteiger partial charge in [0.2, 0.25) is 0 Å². The van der Waals surface area contributed by atoms with E-state index in [-0.39, 0.29) is 0 Å². The molecule has 2 heteroatoms. The van der Waals surface area contributed by atoms with Crippen LogP contribution < -0.4 is 0 Å². The van der Waals surface area contributed by atoms with Crippen molar-refractivity contribution >= 4 is 53.3 Å². The molecule has 9 rings (SSSR count). The van der Waals surface area contributed by atoms with E-state index in [1.165, 1.54) is 93.0 Å². The number of benzene rings is 7. The second-order valence-corrected chi connectivity index (χ2v) is 14.1. The van der Waals surface area contributed by atoms with Crippen molar-refractivity contribution in [1.29, 1.82) is 0 Å². The third-order valence-corrected chi connectivity index (χ3v) is 10.4. The second-order valence-electron chi connectivity index (χ2n) is 13.0. The van der Waals surface area contributed by atoms with Gasteiger partial charge in [0, 0.05) is 36.6 Å². The normalized spacial score (nSPS) is 11.0. The molecule has 0 bridgehead atoms. The third kappa shape index (κ3) is 6.35. The predicted molar refractivity (Wildman–Crippen MR) is 221 cm³/mol. The van der Waals surface area contributed by atoms with Gasteiger partial charge < -0.3 is 4.57 Å². The second kappa shape index (κ2) is 14.6. The molecule has 0 saturated heterocycles. The summed E-state index contributed by atoms with van der Waals surface area (Å²) < 4.78 is 5.15. The van der Waals surface area contributed by atoms with E-state index in [1.807, 2.05) is 17.4 Å². The molecule has 0 atom stereocenters. The van der Waals surface area contributed by atoms with Crippen LogP contribution in [0.5, 0.6) is 0 Å². The van der Waals surface area contributed by atoms with Crippen LogP contribution in [0.4, 0.5) is 0 Å². The fourth-order valence-electron chi connectivity index (χ4n) is 6.88. The van der Waals surface area contributed by atoms with Gasteiger partial charge in [0.05, 0.1) is 11.0 Å². The SMILES string of the molecule is CCC.Cc1ccc(-c2ccccc2)cc1.Cc1ccccc1-c1ccc2c3cc4c(cc3n(-c3ccccc3)c2c1C)sc1ccccc14. The van der Waals surface area contributed by atoms with E-state index >= 15 is 0 Å². The Hall–Kier alpha value is -5.44. The van der Waals surface area contributed by atoms with Crippen LogP contribution in [0.2, 0.25) is 0 Å². The highest BCUT2D eigenvalue weighted by molar-refractivity contribution is 7.25. The molecular weight excluding hydrogens is 623 g/mol. The van der Waals surface area contributed by atoms with Crippen molar-refractivity contribution in [3.8, 4) is 27.9 Å². The number of hydrogen-bond acceptors (Lipinski definition) is 1. The van der Waals surface area contributed by atoms with Crippen LogP contribution >= 0.6 is 11.3 Å². The summed E-state index contributed by atoms with van der Waals surface area (Å²) >= 11 is 1.88. The lowest BCUT2D eigenvalue weighted by Gasteiger charge is -2.14. The summed E-state index contributed by atoms with van der Waals surface area (Å²) in [5, 5.41) is 5.32. The average Bonchev–Trinajstić information content (AvgIpc) is 3.68. The lowest BCUT2D eigenvalue weighted by atomic mass is 9.94. The Labute approximate surface area is 300 Å². The number of hydrogen-bond donors (Lipinski definition) is 0. The average molecular weight is 666 g/mol. The standard InChI is InChI=1S/C32H23NS.C13H12.C3H8/c1-20-10-6-7-13-23(20)24-16-17-26-27-18-28-25-14-8-9-15-30(25)34-31(28)19-29(27)33(32(26)21(24)2)22-11-4-3-5-12-22;1-11-7-9-13(10-8-11)12-5-3-2-4-6-12;1-3-2/h3-19H,1-2H3;2-10H,1H3;3H2,1-2H3. The van der Waals surface area contributed by atoms with Gasteiger partial charge in [-0.3, -0.25) is 0 Å². The Morgan fingerprint density at radius 3 is 1.82 bits per heavy atom. The van der Waals surface area contributed by atoms with Gasteiger partial charge >= 0.3 is 0 Å². The Morgan fingerprint density at radius 1 is 0.480 bits per heavy atom. The molecule has 9 aromatic rings. The van der Waals surface area contributed by atoms with Crippen LogP contribution in [0.1, 0.15) is 37.0 Å². The van der Waals surface area contributed by atoms with E-state index in [2.05, 4.69) is 191 Å². The molecule has 0 aliphatic heterocycles. The summed E-state index contributed by atoms with van der Waals surface area (Å²) in [6, 6.07) is 56.7. The van der Waals surface area contributed by atoms with E-state index in [0.29, 0.717) is 0 Å². The monoisotopic (exact) mass is 665 g/mol. The van der Waals surface area contributed by atoms with Crippen molar-refractivity contribution in [1.82, 2.24) is 4.57 Å². The molecule has 2 heterocycles. The summed E-state index contributed by atoms with van der Waals surface area (Å²) in [7, 11) is 0. The number of rotatable bonds is 3. The fourth-order valence-corrected chi connectivity index (χ4v) is 8.00. The van der Waals surface area contributed by atoms with Crippen molar-refractivity contribution in [3.05, 3.63) is 174 Å². The van der Waals surface area contributed by atoms with E-state index in [0.717, 1.165) is 0 Å². The van der Waals surface area contributed by atoms with Crippen LogP contribution in [-0.4, -0.2) is 4.57 Å². The Kier molecular flexibility index (Phi) is 9.65. The number of para-hydroxylation sites is 1. The molecule has 0 unspecified atom stereocenters. The van der Waals surface area contributed by atoms with Crippen molar-refractivity contribution in [2.75, 3.05) is 0 Å². The van der Waals surface area contributed by atoms with E-state index in [1.54, 1.807) is 0 Å². The van der Waals surface area contributed by atoms with Gasteiger partial charge in [-0.1, -0.05) is 153 Å². The molecule has 50 heavy (non-hydrogen) atoms. The number of aryl methyl sites for hydroxylation is 3. The maximum absolute atomic E-state index is 2.46. The summed E-state index contributed by atoms with van der Waals surface area (Å²) in [6.45, 7) is 10.8.